The maximum Gasteiger partial charge on any atom is 0.216 e. The van der Waals surface area contributed by atoms with Gasteiger partial charge in [0.15, 0.2) is 0 Å². The SMILES string of the molecule is CC(=O)NCCn1cnc2cc(-c3cc(C4CC4)cc(Nc4cc(C#N)ccn4)n3)ccc21.Cl. The molecule has 3 aromatic heterocycles. The van der Waals surface area contributed by atoms with Crippen LogP contribution in [0.25, 0.3) is 22.3 Å². The van der Waals surface area contributed by atoms with E-state index in [1.807, 2.05) is 16.7 Å². The summed E-state index contributed by atoms with van der Waals surface area (Å²) in [4.78, 5) is 24.8. The fourth-order valence-corrected chi connectivity index (χ4v) is 3.87. The summed E-state index contributed by atoms with van der Waals surface area (Å²) in [5.74, 6) is 1.82. The quantitative estimate of drug-likeness (QED) is 0.407. The van der Waals surface area contributed by atoms with Gasteiger partial charge in [-0.15, -0.1) is 12.4 Å². The Hall–Kier alpha value is -3.96. The van der Waals surface area contributed by atoms with E-state index in [2.05, 4.69) is 44.9 Å². The van der Waals surface area contributed by atoms with E-state index >= 15 is 0 Å². The van der Waals surface area contributed by atoms with Crippen LogP contribution in [0, 0.1) is 11.3 Å². The highest BCUT2D eigenvalue weighted by Gasteiger charge is 2.25. The number of imidazole rings is 1. The Morgan fingerprint density at radius 1 is 1.15 bits per heavy atom. The van der Waals surface area contributed by atoms with Crippen LogP contribution < -0.4 is 10.6 Å². The number of pyridine rings is 2. The minimum atomic E-state index is -0.0395. The van der Waals surface area contributed by atoms with E-state index in [0.717, 1.165) is 22.3 Å². The first kappa shape index (κ1) is 23.2. The molecule has 172 valence electrons. The predicted molar refractivity (Wildman–Crippen MR) is 133 cm³/mol. The van der Waals surface area contributed by atoms with Gasteiger partial charge in [-0.05, 0) is 60.7 Å². The summed E-state index contributed by atoms with van der Waals surface area (Å²) in [6.45, 7) is 2.73. The zero-order chi connectivity index (χ0) is 22.8. The van der Waals surface area contributed by atoms with Gasteiger partial charge >= 0.3 is 0 Å². The van der Waals surface area contributed by atoms with E-state index in [-0.39, 0.29) is 18.3 Å². The summed E-state index contributed by atoms with van der Waals surface area (Å²) in [5, 5.41) is 15.2. The van der Waals surface area contributed by atoms with Crippen LogP contribution in [-0.4, -0.2) is 32.0 Å². The molecule has 1 aromatic carbocycles. The van der Waals surface area contributed by atoms with Crippen molar-refractivity contribution in [3.05, 3.63) is 66.1 Å². The van der Waals surface area contributed by atoms with Gasteiger partial charge in [0.1, 0.15) is 11.6 Å². The van der Waals surface area contributed by atoms with Crippen LogP contribution in [0.15, 0.2) is 55.0 Å². The topological polar surface area (TPSA) is 109 Å². The number of nitrogens with one attached hydrogen (secondary N) is 2. The van der Waals surface area contributed by atoms with Gasteiger partial charge in [0, 0.05) is 31.8 Å². The lowest BCUT2D eigenvalue weighted by atomic mass is 10.1. The van der Waals surface area contributed by atoms with Crippen molar-refractivity contribution in [3.8, 4) is 17.3 Å². The van der Waals surface area contributed by atoms with E-state index in [1.54, 1.807) is 24.7 Å². The van der Waals surface area contributed by atoms with Crippen LogP contribution in [0.4, 0.5) is 11.6 Å². The Bertz CT molecular complexity index is 1390. The second kappa shape index (κ2) is 9.89. The molecular weight excluding hydrogens is 450 g/mol. The lowest BCUT2D eigenvalue weighted by molar-refractivity contribution is -0.118. The van der Waals surface area contributed by atoms with E-state index in [4.69, 9.17) is 10.2 Å². The van der Waals surface area contributed by atoms with Gasteiger partial charge in [-0.1, -0.05) is 6.07 Å². The number of anilines is 2. The average molecular weight is 474 g/mol. The molecule has 0 aliphatic heterocycles. The zero-order valence-corrected chi connectivity index (χ0v) is 19.5. The Morgan fingerprint density at radius 2 is 2.00 bits per heavy atom. The van der Waals surface area contributed by atoms with Crippen LogP contribution in [0.5, 0.6) is 0 Å². The number of amides is 1. The van der Waals surface area contributed by atoms with Crippen LogP contribution in [-0.2, 0) is 11.3 Å². The van der Waals surface area contributed by atoms with Crippen LogP contribution in [0.3, 0.4) is 0 Å². The van der Waals surface area contributed by atoms with Crippen molar-refractivity contribution in [2.24, 2.45) is 0 Å². The van der Waals surface area contributed by atoms with Crippen molar-refractivity contribution < 1.29 is 4.79 Å². The van der Waals surface area contributed by atoms with Crippen molar-refractivity contribution in [2.75, 3.05) is 11.9 Å². The molecule has 1 saturated carbocycles. The number of nitriles is 1. The van der Waals surface area contributed by atoms with E-state index in [1.165, 1.54) is 25.3 Å². The number of rotatable bonds is 7. The molecule has 5 rings (SSSR count). The number of carbonyl (C=O) groups excluding carboxylic acids is 1. The molecule has 0 atom stereocenters. The first-order chi connectivity index (χ1) is 16.1. The lowest BCUT2D eigenvalue weighted by Crippen LogP contribution is -2.24. The van der Waals surface area contributed by atoms with Gasteiger partial charge < -0.3 is 15.2 Å². The van der Waals surface area contributed by atoms with E-state index in [0.29, 0.717) is 36.2 Å². The van der Waals surface area contributed by atoms with Gasteiger partial charge in [0.25, 0.3) is 0 Å². The maximum atomic E-state index is 11.1. The molecule has 34 heavy (non-hydrogen) atoms. The average Bonchev–Trinajstić information content (AvgIpc) is 3.60. The molecule has 0 unspecified atom stereocenters. The highest BCUT2D eigenvalue weighted by molar-refractivity contribution is 5.85. The molecule has 0 radical (unpaired) electrons. The molecule has 9 heteroatoms. The largest absolute Gasteiger partial charge is 0.355 e. The molecule has 1 aliphatic rings. The van der Waals surface area contributed by atoms with Crippen LogP contribution in [0.2, 0.25) is 0 Å². The second-order valence-corrected chi connectivity index (χ2v) is 8.24. The highest BCUT2D eigenvalue weighted by Crippen LogP contribution is 2.42. The maximum absolute atomic E-state index is 11.1. The zero-order valence-electron chi connectivity index (χ0n) is 18.7. The summed E-state index contributed by atoms with van der Waals surface area (Å²) in [6.07, 6.45) is 5.78. The normalized spacial score (nSPS) is 12.6. The molecule has 1 amide bonds. The molecular formula is C25H24ClN7O. The number of benzene rings is 1. The Balaban J connectivity index is 0.00000274. The summed E-state index contributed by atoms with van der Waals surface area (Å²) >= 11 is 0. The number of carbonyl (C=O) groups is 1. The van der Waals surface area contributed by atoms with Crippen molar-refractivity contribution in [2.45, 2.75) is 32.2 Å². The first-order valence-corrected chi connectivity index (χ1v) is 10.9. The minimum absolute atomic E-state index is 0. The van der Waals surface area contributed by atoms with Gasteiger partial charge in [0.05, 0.1) is 34.7 Å². The molecule has 4 aromatic rings. The van der Waals surface area contributed by atoms with Crippen LogP contribution in [0.1, 0.15) is 36.8 Å². The van der Waals surface area contributed by atoms with Crippen molar-refractivity contribution in [3.63, 3.8) is 0 Å². The molecule has 1 aliphatic carbocycles. The molecule has 2 N–H and O–H groups in total. The lowest BCUT2D eigenvalue weighted by Gasteiger charge is -2.11. The molecule has 0 spiro atoms. The third-order valence-electron chi connectivity index (χ3n) is 5.69. The Labute approximate surface area is 203 Å². The second-order valence-electron chi connectivity index (χ2n) is 8.24. The summed E-state index contributed by atoms with van der Waals surface area (Å²) < 4.78 is 2.03. The minimum Gasteiger partial charge on any atom is -0.355 e. The summed E-state index contributed by atoms with van der Waals surface area (Å²) in [7, 11) is 0. The van der Waals surface area contributed by atoms with E-state index < -0.39 is 0 Å². The number of halogens is 1. The fraction of sp³-hybridized carbons (Fsp3) is 0.240. The van der Waals surface area contributed by atoms with Crippen molar-refractivity contribution in [1.29, 1.82) is 5.26 Å². The first-order valence-electron chi connectivity index (χ1n) is 10.9. The number of hydrogen-bond donors (Lipinski definition) is 2. The third kappa shape index (κ3) is 5.16. The molecule has 1 fully saturated rings. The standard InChI is InChI=1S/C25H23N7O.ClH/c1-16(33)27-8-9-32-15-29-22-11-19(4-5-23(22)32)21-12-20(18-2-3-18)13-25(30-21)31-24-10-17(14-26)6-7-28-24;/h4-7,10-13,15,18H,2-3,8-9H2,1H3,(H,27,33)(H,28,30,31);1H. The number of fused-ring (bicyclic) bond motifs is 1. The van der Waals surface area contributed by atoms with Gasteiger partial charge in [-0.25, -0.2) is 15.0 Å². The number of aromatic nitrogens is 4. The van der Waals surface area contributed by atoms with Gasteiger partial charge in [-0.2, -0.15) is 5.26 Å². The summed E-state index contributed by atoms with van der Waals surface area (Å²) in [6, 6.07) is 15.9. The number of hydrogen-bond acceptors (Lipinski definition) is 6. The van der Waals surface area contributed by atoms with Crippen LogP contribution >= 0.6 is 12.4 Å². The Kier molecular flexibility index (Phi) is 6.75. The predicted octanol–water partition coefficient (Wildman–Crippen LogP) is 4.54. The van der Waals surface area contributed by atoms with Crippen molar-refractivity contribution >= 4 is 41.0 Å². The molecule has 0 saturated heterocycles. The van der Waals surface area contributed by atoms with Gasteiger partial charge in [0.2, 0.25) is 5.91 Å². The summed E-state index contributed by atoms with van der Waals surface area (Å²) in [5.41, 5.74) is 5.54. The van der Waals surface area contributed by atoms with Crippen molar-refractivity contribution in [1.82, 2.24) is 24.8 Å². The fourth-order valence-electron chi connectivity index (χ4n) is 3.87. The third-order valence-corrected chi connectivity index (χ3v) is 5.69. The van der Waals surface area contributed by atoms with Gasteiger partial charge in [-0.3, -0.25) is 4.79 Å². The monoisotopic (exact) mass is 473 g/mol. The molecule has 0 bridgehead atoms. The highest BCUT2D eigenvalue weighted by atomic mass is 35.5. The smallest absolute Gasteiger partial charge is 0.216 e. The Morgan fingerprint density at radius 3 is 2.76 bits per heavy atom. The van der Waals surface area contributed by atoms with E-state index in [9.17, 15) is 4.79 Å². The molecule has 3 heterocycles. The molecule has 8 nitrogen and oxygen atoms in total. The number of nitrogens with zero attached hydrogens (tertiary/aromatic N) is 5.